The van der Waals surface area contributed by atoms with E-state index in [9.17, 15) is 9.59 Å². The maximum absolute atomic E-state index is 12.2. The van der Waals surface area contributed by atoms with Gasteiger partial charge in [0.2, 0.25) is 5.91 Å². The smallest absolute Gasteiger partial charge is 0.254 e. The van der Waals surface area contributed by atoms with Gasteiger partial charge in [0.15, 0.2) is 0 Å². The molecule has 0 unspecified atom stereocenters. The molecule has 6 nitrogen and oxygen atoms in total. The monoisotopic (exact) mass is 272 g/mol. The Hall–Kier alpha value is -2.63. The first-order chi connectivity index (χ1) is 9.56. The van der Waals surface area contributed by atoms with Crippen LogP contribution in [-0.2, 0) is 11.3 Å². The Morgan fingerprint density at radius 2 is 2.00 bits per heavy atom. The first kappa shape index (κ1) is 13.8. The molecule has 0 saturated carbocycles. The number of anilines is 1. The Labute approximate surface area is 116 Å². The van der Waals surface area contributed by atoms with Crippen molar-refractivity contribution in [1.29, 1.82) is 0 Å². The Balaban J connectivity index is 2.03. The number of carbonyl (C=O) groups excluding carboxylic acids is 2. The van der Waals surface area contributed by atoms with Gasteiger partial charge in [-0.3, -0.25) is 9.59 Å². The standard InChI is InChI=1S/C14H16N4O2/c1-10(19)17-12-5-3-11(4-6-12)14(20)18(2)9-13-15-7-8-16-13/h3-8H,9H2,1-2H3,(H,15,16)(H,17,19). The third kappa shape index (κ3) is 3.44. The fourth-order valence-electron chi connectivity index (χ4n) is 1.80. The molecule has 1 aromatic carbocycles. The molecule has 1 aromatic heterocycles. The van der Waals surface area contributed by atoms with Crippen LogP contribution in [0.2, 0.25) is 0 Å². The summed E-state index contributed by atoms with van der Waals surface area (Å²) in [5, 5.41) is 2.66. The zero-order chi connectivity index (χ0) is 14.5. The fraction of sp³-hybridized carbons (Fsp3) is 0.214. The molecule has 0 spiro atoms. The predicted molar refractivity (Wildman–Crippen MR) is 75.1 cm³/mol. The highest BCUT2D eigenvalue weighted by molar-refractivity contribution is 5.95. The van der Waals surface area contributed by atoms with Gasteiger partial charge in [-0.2, -0.15) is 0 Å². The van der Waals surface area contributed by atoms with Crippen LogP contribution < -0.4 is 5.32 Å². The van der Waals surface area contributed by atoms with Crippen LogP contribution in [0.3, 0.4) is 0 Å². The van der Waals surface area contributed by atoms with E-state index in [1.165, 1.54) is 6.92 Å². The van der Waals surface area contributed by atoms with Gasteiger partial charge in [0.1, 0.15) is 5.82 Å². The zero-order valence-electron chi connectivity index (χ0n) is 11.4. The van der Waals surface area contributed by atoms with Crippen molar-refractivity contribution in [3.05, 3.63) is 48.0 Å². The number of hydrogen-bond donors (Lipinski definition) is 2. The predicted octanol–water partition coefficient (Wildman–Crippen LogP) is 1.64. The third-order valence-corrected chi connectivity index (χ3v) is 2.74. The van der Waals surface area contributed by atoms with E-state index >= 15 is 0 Å². The molecule has 1 heterocycles. The molecule has 2 aromatic rings. The van der Waals surface area contributed by atoms with Crippen molar-refractivity contribution >= 4 is 17.5 Å². The largest absolute Gasteiger partial charge is 0.347 e. The molecule has 104 valence electrons. The number of rotatable bonds is 4. The summed E-state index contributed by atoms with van der Waals surface area (Å²) in [7, 11) is 1.71. The van der Waals surface area contributed by atoms with Crippen LogP contribution in [0.15, 0.2) is 36.7 Å². The highest BCUT2D eigenvalue weighted by Gasteiger charge is 2.12. The molecule has 6 heteroatoms. The van der Waals surface area contributed by atoms with E-state index in [1.807, 2.05) is 0 Å². The molecular formula is C14H16N4O2. The number of nitrogens with zero attached hydrogens (tertiary/aromatic N) is 2. The van der Waals surface area contributed by atoms with E-state index < -0.39 is 0 Å². The minimum Gasteiger partial charge on any atom is -0.347 e. The Morgan fingerprint density at radius 3 is 2.55 bits per heavy atom. The number of H-pyrrole nitrogens is 1. The van der Waals surface area contributed by atoms with Crippen molar-refractivity contribution in [1.82, 2.24) is 14.9 Å². The molecule has 0 bridgehead atoms. The van der Waals surface area contributed by atoms with Gasteiger partial charge in [-0.25, -0.2) is 4.98 Å². The van der Waals surface area contributed by atoms with Crippen LogP contribution in [0.25, 0.3) is 0 Å². The van der Waals surface area contributed by atoms with Crippen LogP contribution in [0.1, 0.15) is 23.1 Å². The Morgan fingerprint density at radius 1 is 1.30 bits per heavy atom. The maximum atomic E-state index is 12.2. The summed E-state index contributed by atoms with van der Waals surface area (Å²) < 4.78 is 0. The average molecular weight is 272 g/mol. The lowest BCUT2D eigenvalue weighted by molar-refractivity contribution is -0.114. The van der Waals surface area contributed by atoms with Gasteiger partial charge in [0.25, 0.3) is 5.91 Å². The third-order valence-electron chi connectivity index (χ3n) is 2.74. The number of aromatic amines is 1. The highest BCUT2D eigenvalue weighted by Crippen LogP contribution is 2.12. The summed E-state index contributed by atoms with van der Waals surface area (Å²) >= 11 is 0. The summed E-state index contributed by atoms with van der Waals surface area (Å²) in [6.45, 7) is 1.86. The number of amides is 2. The lowest BCUT2D eigenvalue weighted by Gasteiger charge is -2.16. The summed E-state index contributed by atoms with van der Waals surface area (Å²) in [5.41, 5.74) is 1.23. The maximum Gasteiger partial charge on any atom is 0.254 e. The van der Waals surface area contributed by atoms with Gasteiger partial charge in [0, 0.05) is 37.6 Å². The molecule has 0 aliphatic rings. The highest BCUT2D eigenvalue weighted by atomic mass is 16.2. The van der Waals surface area contributed by atoms with Crippen molar-refractivity contribution in [2.24, 2.45) is 0 Å². The molecule has 20 heavy (non-hydrogen) atoms. The van der Waals surface area contributed by atoms with Gasteiger partial charge in [-0.1, -0.05) is 0 Å². The second kappa shape index (κ2) is 6.01. The number of benzene rings is 1. The average Bonchev–Trinajstić information content (AvgIpc) is 2.91. The summed E-state index contributed by atoms with van der Waals surface area (Å²) in [5.74, 6) is 0.491. The van der Waals surface area contributed by atoms with Crippen LogP contribution >= 0.6 is 0 Å². The van der Waals surface area contributed by atoms with Gasteiger partial charge in [0.05, 0.1) is 6.54 Å². The summed E-state index contributed by atoms with van der Waals surface area (Å²) in [4.78, 5) is 31.7. The normalized spacial score (nSPS) is 10.1. The van der Waals surface area contributed by atoms with E-state index in [4.69, 9.17) is 0 Å². The number of imidazole rings is 1. The molecule has 0 aliphatic heterocycles. The molecule has 0 fully saturated rings. The van der Waals surface area contributed by atoms with Crippen LogP contribution in [0, 0.1) is 0 Å². The molecule has 2 N–H and O–H groups in total. The molecular weight excluding hydrogens is 256 g/mol. The molecule has 0 saturated heterocycles. The second-order valence-corrected chi connectivity index (χ2v) is 4.46. The van der Waals surface area contributed by atoms with E-state index in [2.05, 4.69) is 15.3 Å². The summed E-state index contributed by atoms with van der Waals surface area (Å²) in [6.07, 6.45) is 3.37. The SMILES string of the molecule is CC(=O)Nc1ccc(C(=O)N(C)Cc2ncc[nH]2)cc1. The van der Waals surface area contributed by atoms with Gasteiger partial charge in [-0.15, -0.1) is 0 Å². The number of nitrogens with one attached hydrogen (secondary N) is 2. The quantitative estimate of drug-likeness (QED) is 0.888. The lowest BCUT2D eigenvalue weighted by atomic mass is 10.2. The minimum atomic E-state index is -0.140. The van der Waals surface area contributed by atoms with Crippen molar-refractivity contribution in [2.75, 3.05) is 12.4 Å². The van der Waals surface area contributed by atoms with E-state index in [1.54, 1.807) is 48.6 Å². The topological polar surface area (TPSA) is 78.1 Å². The second-order valence-electron chi connectivity index (χ2n) is 4.46. The molecule has 0 atom stereocenters. The minimum absolute atomic E-state index is 0.101. The van der Waals surface area contributed by atoms with Gasteiger partial charge < -0.3 is 15.2 Å². The van der Waals surface area contributed by atoms with Gasteiger partial charge >= 0.3 is 0 Å². The van der Waals surface area contributed by atoms with Crippen molar-refractivity contribution in [2.45, 2.75) is 13.5 Å². The zero-order valence-corrected chi connectivity index (χ0v) is 11.4. The number of aromatic nitrogens is 2. The van der Waals surface area contributed by atoms with Crippen LogP contribution in [0.5, 0.6) is 0 Å². The fourth-order valence-corrected chi connectivity index (χ4v) is 1.80. The van der Waals surface area contributed by atoms with Gasteiger partial charge in [-0.05, 0) is 24.3 Å². The Kier molecular flexibility index (Phi) is 4.14. The first-order valence-corrected chi connectivity index (χ1v) is 6.17. The van der Waals surface area contributed by atoms with Crippen molar-refractivity contribution in [3.63, 3.8) is 0 Å². The molecule has 2 amide bonds. The van der Waals surface area contributed by atoms with E-state index in [0.717, 1.165) is 5.82 Å². The lowest BCUT2D eigenvalue weighted by Crippen LogP contribution is -2.26. The van der Waals surface area contributed by atoms with E-state index in [0.29, 0.717) is 17.8 Å². The van der Waals surface area contributed by atoms with Crippen LogP contribution in [0.4, 0.5) is 5.69 Å². The number of hydrogen-bond acceptors (Lipinski definition) is 3. The van der Waals surface area contributed by atoms with Crippen molar-refractivity contribution < 1.29 is 9.59 Å². The van der Waals surface area contributed by atoms with Crippen LogP contribution in [-0.4, -0.2) is 33.7 Å². The van der Waals surface area contributed by atoms with E-state index in [-0.39, 0.29) is 11.8 Å². The van der Waals surface area contributed by atoms with Crippen molar-refractivity contribution in [3.8, 4) is 0 Å². The molecule has 0 aliphatic carbocycles. The Bertz CT molecular complexity index is 590. The summed E-state index contributed by atoms with van der Waals surface area (Å²) in [6, 6.07) is 6.78. The molecule has 2 rings (SSSR count). The molecule has 0 radical (unpaired) electrons. The first-order valence-electron chi connectivity index (χ1n) is 6.17. The number of carbonyl (C=O) groups is 2.